The molecule has 2 rings (SSSR count). The molecule has 6 heteroatoms. The molecule has 4 nitrogen and oxygen atoms in total. The smallest absolute Gasteiger partial charge is 0.191 e. The average molecular weight is 491 g/mol. The first kappa shape index (κ1) is 23.6. The fraction of sp³-hybridized carbons (Fsp3) is 0.650. The van der Waals surface area contributed by atoms with E-state index in [1.54, 1.807) is 0 Å². The number of benzene rings is 1. The maximum absolute atomic E-state index is 6.11. The highest BCUT2D eigenvalue weighted by molar-refractivity contribution is 14.0. The van der Waals surface area contributed by atoms with Gasteiger partial charge in [0.05, 0.1) is 6.10 Å². The van der Waals surface area contributed by atoms with Crippen LogP contribution < -0.4 is 10.6 Å². The van der Waals surface area contributed by atoms with Gasteiger partial charge in [-0.3, -0.25) is 4.99 Å². The minimum Gasteiger partial charge on any atom is -0.373 e. The monoisotopic (exact) mass is 491 g/mol. The van der Waals surface area contributed by atoms with Gasteiger partial charge in [-0.15, -0.1) is 24.0 Å². The lowest BCUT2D eigenvalue weighted by Gasteiger charge is -2.33. The van der Waals surface area contributed by atoms with Gasteiger partial charge < -0.3 is 15.4 Å². The lowest BCUT2D eigenvalue weighted by Crippen LogP contribution is -2.45. The standard InChI is InChI=1S/C20H33N3OS.HI/c1-15-8-10-16(11-9-15)18-17(7-6-12-24-18)13-22-19(21-4)23-14-20(2,3)25-5;/h8-11,17-18H,6-7,12-14H2,1-5H3,(H2,21,22,23);1H. The molecule has 0 spiro atoms. The van der Waals surface area contributed by atoms with Crippen molar-refractivity contribution in [2.75, 3.05) is 33.0 Å². The molecule has 0 bridgehead atoms. The van der Waals surface area contributed by atoms with Gasteiger partial charge in [0.1, 0.15) is 0 Å². The van der Waals surface area contributed by atoms with E-state index in [-0.39, 0.29) is 34.8 Å². The first-order chi connectivity index (χ1) is 11.9. The van der Waals surface area contributed by atoms with E-state index in [0.29, 0.717) is 5.92 Å². The summed E-state index contributed by atoms with van der Waals surface area (Å²) >= 11 is 1.86. The Morgan fingerprint density at radius 2 is 1.96 bits per heavy atom. The molecule has 148 valence electrons. The fourth-order valence-electron chi connectivity index (χ4n) is 2.99. The molecule has 0 radical (unpaired) electrons. The van der Waals surface area contributed by atoms with Crippen molar-refractivity contribution in [3.8, 4) is 0 Å². The van der Waals surface area contributed by atoms with Crippen molar-refractivity contribution in [3.05, 3.63) is 35.4 Å². The van der Waals surface area contributed by atoms with Crippen molar-refractivity contribution >= 4 is 41.7 Å². The van der Waals surface area contributed by atoms with Crippen LogP contribution in [0.3, 0.4) is 0 Å². The molecule has 1 heterocycles. The zero-order valence-corrected chi connectivity index (χ0v) is 19.8. The average Bonchev–Trinajstić information content (AvgIpc) is 2.63. The third-order valence-electron chi connectivity index (χ3n) is 4.84. The summed E-state index contributed by atoms with van der Waals surface area (Å²) in [6.07, 6.45) is 4.62. The quantitative estimate of drug-likeness (QED) is 0.352. The highest BCUT2D eigenvalue weighted by Crippen LogP contribution is 2.33. The molecule has 0 amide bonds. The molecule has 0 aromatic heterocycles. The first-order valence-electron chi connectivity index (χ1n) is 9.13. The number of guanidine groups is 1. The number of nitrogens with zero attached hydrogens (tertiary/aromatic N) is 1. The van der Waals surface area contributed by atoms with Crippen LogP contribution in [0, 0.1) is 12.8 Å². The SMILES string of the molecule is CN=C(NCC1CCCOC1c1ccc(C)cc1)NCC(C)(C)SC.I. The Kier molecular flexibility index (Phi) is 10.3. The van der Waals surface area contributed by atoms with Crippen LogP contribution in [-0.4, -0.2) is 43.7 Å². The summed E-state index contributed by atoms with van der Waals surface area (Å²) in [5.41, 5.74) is 2.57. The molecular formula is C20H34IN3OS. The topological polar surface area (TPSA) is 45.7 Å². The summed E-state index contributed by atoms with van der Waals surface area (Å²) in [7, 11) is 1.83. The van der Waals surface area contributed by atoms with Crippen LogP contribution in [0.5, 0.6) is 0 Å². The Morgan fingerprint density at radius 1 is 1.27 bits per heavy atom. The predicted molar refractivity (Wildman–Crippen MR) is 125 cm³/mol. The number of halogens is 1. The van der Waals surface area contributed by atoms with E-state index >= 15 is 0 Å². The predicted octanol–water partition coefficient (Wildman–Crippen LogP) is 4.39. The van der Waals surface area contributed by atoms with Gasteiger partial charge in [-0.1, -0.05) is 29.8 Å². The molecule has 1 aromatic carbocycles. The molecule has 0 aliphatic carbocycles. The van der Waals surface area contributed by atoms with Gasteiger partial charge >= 0.3 is 0 Å². The fourth-order valence-corrected chi connectivity index (χ4v) is 3.21. The third-order valence-corrected chi connectivity index (χ3v) is 6.09. The van der Waals surface area contributed by atoms with E-state index in [4.69, 9.17) is 4.74 Å². The van der Waals surface area contributed by atoms with E-state index < -0.39 is 0 Å². The number of hydrogen-bond acceptors (Lipinski definition) is 3. The maximum atomic E-state index is 6.11. The van der Waals surface area contributed by atoms with E-state index in [1.165, 1.54) is 17.5 Å². The van der Waals surface area contributed by atoms with Crippen LogP contribution >= 0.6 is 35.7 Å². The van der Waals surface area contributed by atoms with Gasteiger partial charge in [0.2, 0.25) is 0 Å². The van der Waals surface area contributed by atoms with Crippen molar-refractivity contribution in [3.63, 3.8) is 0 Å². The van der Waals surface area contributed by atoms with E-state index in [1.807, 2.05) is 18.8 Å². The van der Waals surface area contributed by atoms with Crippen molar-refractivity contribution < 1.29 is 4.74 Å². The van der Waals surface area contributed by atoms with Crippen LogP contribution in [0.4, 0.5) is 0 Å². The molecule has 1 aromatic rings. The molecule has 1 fully saturated rings. The molecule has 2 unspecified atom stereocenters. The van der Waals surface area contributed by atoms with E-state index in [0.717, 1.165) is 32.1 Å². The highest BCUT2D eigenvalue weighted by atomic mass is 127. The summed E-state index contributed by atoms with van der Waals surface area (Å²) in [6, 6.07) is 8.74. The summed E-state index contributed by atoms with van der Waals surface area (Å²) in [5, 5.41) is 6.94. The number of aliphatic imine (C=N–C) groups is 1. The minimum absolute atomic E-state index is 0. The van der Waals surface area contributed by atoms with Gasteiger partial charge in [-0.05, 0) is 45.4 Å². The zero-order valence-electron chi connectivity index (χ0n) is 16.7. The Balaban J connectivity index is 0.00000338. The number of thioether (sulfide) groups is 1. The van der Waals surface area contributed by atoms with Crippen LogP contribution in [0.2, 0.25) is 0 Å². The van der Waals surface area contributed by atoms with Crippen molar-refractivity contribution in [2.45, 2.75) is 44.5 Å². The van der Waals surface area contributed by atoms with E-state index in [2.05, 4.69) is 66.9 Å². The number of ether oxygens (including phenoxy) is 1. The van der Waals surface area contributed by atoms with E-state index in [9.17, 15) is 0 Å². The third kappa shape index (κ3) is 7.27. The Morgan fingerprint density at radius 3 is 2.58 bits per heavy atom. The zero-order chi connectivity index (χ0) is 18.3. The number of rotatable bonds is 6. The molecule has 0 saturated carbocycles. The molecule has 2 N–H and O–H groups in total. The molecule has 2 atom stereocenters. The molecule has 1 aliphatic heterocycles. The Hall–Kier alpha value is -0.470. The molecule has 1 saturated heterocycles. The van der Waals surface area contributed by atoms with Crippen molar-refractivity contribution in [2.24, 2.45) is 10.9 Å². The largest absolute Gasteiger partial charge is 0.373 e. The first-order valence-corrected chi connectivity index (χ1v) is 10.4. The van der Waals surface area contributed by atoms with Gasteiger partial charge in [0.15, 0.2) is 5.96 Å². The lowest BCUT2D eigenvalue weighted by molar-refractivity contribution is -0.0265. The van der Waals surface area contributed by atoms with Crippen LogP contribution in [-0.2, 0) is 4.74 Å². The Labute approximate surface area is 180 Å². The molecular weight excluding hydrogens is 457 g/mol. The van der Waals surface area contributed by atoms with Gasteiger partial charge in [0, 0.05) is 37.4 Å². The Bertz CT molecular complexity index is 563. The summed E-state index contributed by atoms with van der Waals surface area (Å²) in [4.78, 5) is 4.36. The highest BCUT2D eigenvalue weighted by Gasteiger charge is 2.27. The van der Waals surface area contributed by atoms with Crippen molar-refractivity contribution in [1.82, 2.24) is 10.6 Å². The van der Waals surface area contributed by atoms with Crippen molar-refractivity contribution in [1.29, 1.82) is 0 Å². The maximum Gasteiger partial charge on any atom is 0.191 e. The van der Waals surface area contributed by atoms with Crippen LogP contribution in [0.25, 0.3) is 0 Å². The molecule has 26 heavy (non-hydrogen) atoms. The van der Waals surface area contributed by atoms with Gasteiger partial charge in [-0.2, -0.15) is 11.8 Å². The molecule has 1 aliphatic rings. The second-order valence-corrected chi connectivity index (χ2v) is 8.89. The minimum atomic E-state index is 0. The number of nitrogens with one attached hydrogen (secondary N) is 2. The number of hydrogen-bond donors (Lipinski definition) is 2. The normalized spacial score (nSPS) is 21.0. The number of aryl methyl sites for hydroxylation is 1. The summed E-state index contributed by atoms with van der Waals surface area (Å²) < 4.78 is 6.30. The lowest BCUT2D eigenvalue weighted by atomic mass is 9.89. The summed E-state index contributed by atoms with van der Waals surface area (Å²) in [6.45, 7) is 9.20. The second-order valence-electron chi connectivity index (χ2n) is 7.37. The second kappa shape index (κ2) is 11.4. The summed E-state index contributed by atoms with van der Waals surface area (Å²) in [5.74, 6) is 1.33. The van der Waals surface area contributed by atoms with Gasteiger partial charge in [0.25, 0.3) is 0 Å². The van der Waals surface area contributed by atoms with Gasteiger partial charge in [-0.25, -0.2) is 0 Å². The van der Waals surface area contributed by atoms with Crippen LogP contribution in [0.15, 0.2) is 29.3 Å². The van der Waals surface area contributed by atoms with Crippen LogP contribution in [0.1, 0.15) is 43.9 Å².